The van der Waals surface area contributed by atoms with Crippen molar-refractivity contribution in [2.24, 2.45) is 0 Å². The molecule has 6 heteroatoms. The van der Waals surface area contributed by atoms with E-state index < -0.39 is 0 Å². The standard InChI is InChI=1S/C14H16N4O2/c1-9(19)18-12-4-2-10(3-5-12)7-17-14(20)13-6-11(15)8-16-13/h2-6,8,16H,7,15H2,1H3,(H,17,20)(H,18,19). The highest BCUT2D eigenvalue weighted by Gasteiger charge is 2.07. The van der Waals surface area contributed by atoms with E-state index in [1.807, 2.05) is 12.1 Å². The topological polar surface area (TPSA) is 100 Å². The summed E-state index contributed by atoms with van der Waals surface area (Å²) in [4.78, 5) is 25.5. The van der Waals surface area contributed by atoms with Gasteiger partial charge in [0, 0.05) is 31.0 Å². The molecule has 2 amide bonds. The van der Waals surface area contributed by atoms with E-state index in [4.69, 9.17) is 5.73 Å². The van der Waals surface area contributed by atoms with Gasteiger partial charge in [-0.2, -0.15) is 0 Å². The van der Waals surface area contributed by atoms with Crippen LogP contribution < -0.4 is 16.4 Å². The summed E-state index contributed by atoms with van der Waals surface area (Å²) in [7, 11) is 0. The lowest BCUT2D eigenvalue weighted by atomic mass is 10.2. The first-order chi connectivity index (χ1) is 9.54. The second kappa shape index (κ2) is 5.92. The third kappa shape index (κ3) is 3.61. The third-order valence-corrected chi connectivity index (χ3v) is 2.68. The largest absolute Gasteiger partial charge is 0.397 e. The van der Waals surface area contributed by atoms with Gasteiger partial charge in [0.05, 0.1) is 0 Å². The Hall–Kier alpha value is -2.76. The highest BCUT2D eigenvalue weighted by Crippen LogP contribution is 2.10. The summed E-state index contributed by atoms with van der Waals surface area (Å²) in [5.41, 5.74) is 8.15. The molecule has 0 fully saturated rings. The van der Waals surface area contributed by atoms with Crippen LogP contribution in [0.15, 0.2) is 36.5 Å². The van der Waals surface area contributed by atoms with E-state index in [1.54, 1.807) is 24.4 Å². The zero-order valence-corrected chi connectivity index (χ0v) is 11.1. The SMILES string of the molecule is CC(=O)Nc1ccc(CNC(=O)c2cc(N)c[nH]2)cc1. The Labute approximate surface area is 116 Å². The summed E-state index contributed by atoms with van der Waals surface area (Å²) in [5.74, 6) is -0.331. The fourth-order valence-electron chi connectivity index (χ4n) is 1.73. The minimum Gasteiger partial charge on any atom is -0.397 e. The Kier molecular flexibility index (Phi) is 4.05. The normalized spacial score (nSPS) is 10.1. The average Bonchev–Trinajstić information content (AvgIpc) is 2.84. The number of carbonyl (C=O) groups is 2. The van der Waals surface area contributed by atoms with Gasteiger partial charge in [0.15, 0.2) is 0 Å². The maximum absolute atomic E-state index is 11.8. The molecule has 0 saturated heterocycles. The van der Waals surface area contributed by atoms with Gasteiger partial charge in [-0.25, -0.2) is 0 Å². The molecule has 1 aromatic heterocycles. The Morgan fingerprint density at radius 1 is 1.25 bits per heavy atom. The molecule has 20 heavy (non-hydrogen) atoms. The van der Waals surface area contributed by atoms with E-state index in [1.165, 1.54) is 6.92 Å². The molecule has 0 atom stereocenters. The Morgan fingerprint density at radius 3 is 2.50 bits per heavy atom. The molecule has 0 bridgehead atoms. The van der Waals surface area contributed by atoms with Crippen LogP contribution in [0.25, 0.3) is 0 Å². The van der Waals surface area contributed by atoms with Crippen molar-refractivity contribution in [2.45, 2.75) is 13.5 Å². The molecule has 0 radical (unpaired) electrons. The number of hydrogen-bond donors (Lipinski definition) is 4. The van der Waals surface area contributed by atoms with Crippen molar-refractivity contribution in [1.82, 2.24) is 10.3 Å². The second-order valence-corrected chi connectivity index (χ2v) is 4.41. The van der Waals surface area contributed by atoms with Crippen molar-refractivity contribution in [1.29, 1.82) is 0 Å². The number of anilines is 2. The minimum atomic E-state index is -0.215. The van der Waals surface area contributed by atoms with Gasteiger partial charge in [-0.15, -0.1) is 0 Å². The van der Waals surface area contributed by atoms with E-state index in [0.29, 0.717) is 17.9 Å². The Morgan fingerprint density at radius 2 is 1.95 bits per heavy atom. The maximum atomic E-state index is 11.8. The van der Waals surface area contributed by atoms with Crippen LogP contribution >= 0.6 is 0 Å². The zero-order valence-electron chi connectivity index (χ0n) is 11.1. The molecule has 0 aliphatic carbocycles. The number of aromatic nitrogens is 1. The number of rotatable bonds is 4. The minimum absolute atomic E-state index is 0.115. The van der Waals surface area contributed by atoms with E-state index in [-0.39, 0.29) is 11.8 Å². The summed E-state index contributed by atoms with van der Waals surface area (Å²) < 4.78 is 0. The lowest BCUT2D eigenvalue weighted by Crippen LogP contribution is -2.23. The van der Waals surface area contributed by atoms with Gasteiger partial charge in [0.2, 0.25) is 5.91 Å². The monoisotopic (exact) mass is 272 g/mol. The molecule has 0 aliphatic heterocycles. The third-order valence-electron chi connectivity index (χ3n) is 2.68. The predicted octanol–water partition coefficient (Wildman–Crippen LogP) is 1.49. The lowest BCUT2D eigenvalue weighted by Gasteiger charge is -2.06. The molecule has 0 spiro atoms. The molecular formula is C14H16N4O2. The highest BCUT2D eigenvalue weighted by molar-refractivity contribution is 5.93. The number of carbonyl (C=O) groups excluding carboxylic acids is 2. The van der Waals surface area contributed by atoms with Crippen LogP contribution in [0.2, 0.25) is 0 Å². The molecule has 104 valence electrons. The fourth-order valence-corrected chi connectivity index (χ4v) is 1.73. The van der Waals surface area contributed by atoms with Crippen molar-refractivity contribution in [3.05, 3.63) is 47.8 Å². The van der Waals surface area contributed by atoms with Crippen molar-refractivity contribution < 1.29 is 9.59 Å². The first-order valence-corrected chi connectivity index (χ1v) is 6.13. The van der Waals surface area contributed by atoms with E-state index in [2.05, 4.69) is 15.6 Å². The summed E-state index contributed by atoms with van der Waals surface area (Å²) in [5, 5.41) is 5.46. The van der Waals surface area contributed by atoms with Crippen LogP contribution in [-0.2, 0) is 11.3 Å². The van der Waals surface area contributed by atoms with Crippen LogP contribution in [0.3, 0.4) is 0 Å². The number of amides is 2. The molecule has 5 N–H and O–H groups in total. The zero-order chi connectivity index (χ0) is 14.5. The van der Waals surface area contributed by atoms with Crippen LogP contribution in [0.1, 0.15) is 23.0 Å². The number of nitrogen functional groups attached to an aromatic ring is 1. The van der Waals surface area contributed by atoms with Gasteiger partial charge >= 0.3 is 0 Å². The number of hydrogen-bond acceptors (Lipinski definition) is 3. The van der Waals surface area contributed by atoms with E-state index in [9.17, 15) is 9.59 Å². The Bertz CT molecular complexity index is 616. The molecule has 1 aromatic carbocycles. The van der Waals surface area contributed by atoms with Crippen molar-refractivity contribution in [3.8, 4) is 0 Å². The molecule has 0 unspecified atom stereocenters. The van der Waals surface area contributed by atoms with Gasteiger partial charge in [-0.3, -0.25) is 9.59 Å². The van der Waals surface area contributed by atoms with Crippen molar-refractivity contribution >= 4 is 23.2 Å². The van der Waals surface area contributed by atoms with E-state index >= 15 is 0 Å². The van der Waals surface area contributed by atoms with Gasteiger partial charge in [0.1, 0.15) is 5.69 Å². The van der Waals surface area contributed by atoms with Crippen LogP contribution in [0.4, 0.5) is 11.4 Å². The first-order valence-electron chi connectivity index (χ1n) is 6.13. The summed E-state index contributed by atoms with van der Waals surface area (Å²) in [6.07, 6.45) is 1.57. The maximum Gasteiger partial charge on any atom is 0.268 e. The molecule has 6 nitrogen and oxygen atoms in total. The smallest absolute Gasteiger partial charge is 0.268 e. The molecule has 2 rings (SSSR count). The average molecular weight is 272 g/mol. The Balaban J connectivity index is 1.90. The van der Waals surface area contributed by atoms with Crippen LogP contribution in [-0.4, -0.2) is 16.8 Å². The van der Waals surface area contributed by atoms with Gasteiger partial charge in [-0.05, 0) is 23.8 Å². The van der Waals surface area contributed by atoms with Crippen molar-refractivity contribution in [3.63, 3.8) is 0 Å². The molecule has 2 aromatic rings. The number of nitrogens with one attached hydrogen (secondary N) is 3. The predicted molar refractivity (Wildman–Crippen MR) is 77.1 cm³/mol. The molecule has 0 aliphatic rings. The number of benzene rings is 1. The van der Waals surface area contributed by atoms with Crippen LogP contribution in [0.5, 0.6) is 0 Å². The molecular weight excluding hydrogens is 256 g/mol. The van der Waals surface area contributed by atoms with Gasteiger partial charge in [-0.1, -0.05) is 12.1 Å². The quantitative estimate of drug-likeness (QED) is 0.678. The first kappa shape index (κ1) is 13.7. The lowest BCUT2D eigenvalue weighted by molar-refractivity contribution is -0.114. The summed E-state index contributed by atoms with van der Waals surface area (Å²) in [6.45, 7) is 1.86. The van der Waals surface area contributed by atoms with Crippen LogP contribution in [0, 0.1) is 0 Å². The van der Waals surface area contributed by atoms with Gasteiger partial charge < -0.3 is 21.4 Å². The van der Waals surface area contributed by atoms with Gasteiger partial charge in [0.25, 0.3) is 5.91 Å². The summed E-state index contributed by atoms with van der Waals surface area (Å²) >= 11 is 0. The number of nitrogens with two attached hydrogens (primary N) is 1. The number of aromatic amines is 1. The number of H-pyrrole nitrogens is 1. The second-order valence-electron chi connectivity index (χ2n) is 4.41. The fraction of sp³-hybridized carbons (Fsp3) is 0.143. The molecule has 0 saturated carbocycles. The van der Waals surface area contributed by atoms with Crippen molar-refractivity contribution in [2.75, 3.05) is 11.1 Å². The molecule has 1 heterocycles. The van der Waals surface area contributed by atoms with E-state index in [0.717, 1.165) is 11.3 Å². The highest BCUT2D eigenvalue weighted by atomic mass is 16.2. The summed E-state index contributed by atoms with van der Waals surface area (Å²) in [6, 6.07) is 8.84.